The van der Waals surface area contributed by atoms with Crippen LogP contribution >= 0.6 is 0 Å². The number of fused-ring (bicyclic) bond motifs is 1. The third-order valence-electron chi connectivity index (χ3n) is 1.64. The summed E-state index contributed by atoms with van der Waals surface area (Å²) in [6.45, 7) is -0.164. The van der Waals surface area contributed by atoms with E-state index in [-0.39, 0.29) is 6.54 Å². The number of aromatic nitrogens is 1. The highest BCUT2D eigenvalue weighted by Gasteiger charge is 2.24. The number of anilines is 1. The van der Waals surface area contributed by atoms with Gasteiger partial charge in [-0.25, -0.2) is 9.80 Å². The van der Waals surface area contributed by atoms with Crippen LogP contribution in [0.1, 0.15) is 0 Å². The molecule has 0 N–H and O–H groups in total. The molecule has 1 aromatic heterocycles. The van der Waals surface area contributed by atoms with Gasteiger partial charge in [0.2, 0.25) is 0 Å². The van der Waals surface area contributed by atoms with Gasteiger partial charge in [0.1, 0.15) is 12.2 Å². The number of hydrogen-bond acceptors (Lipinski definition) is 5. The maximum Gasteiger partial charge on any atom is 0.333 e. The fourth-order valence-corrected chi connectivity index (χ4v) is 1.09. The average Bonchev–Trinajstić information content (AvgIpc) is 2.16. The lowest BCUT2D eigenvalue weighted by Gasteiger charge is -2.21. The van der Waals surface area contributed by atoms with Crippen molar-refractivity contribution in [3.8, 4) is 5.75 Å². The van der Waals surface area contributed by atoms with Crippen LogP contribution in [0, 0.1) is 4.91 Å². The topological polar surface area (TPSA) is 71.9 Å². The Morgan fingerprint density at radius 2 is 2.46 bits per heavy atom. The largest absolute Gasteiger partial charge is 0.423 e. The molecule has 0 bridgehead atoms. The van der Waals surface area contributed by atoms with Gasteiger partial charge in [-0.2, -0.15) is 0 Å². The standard InChI is InChI=1S/C7H5N3O3/c11-7-4-10(9-12)5-3-8-2-1-6(5)13-7/h1-3H,4H2. The molecule has 0 amide bonds. The van der Waals surface area contributed by atoms with Gasteiger partial charge >= 0.3 is 5.97 Å². The Balaban J connectivity index is 2.48. The molecule has 1 aromatic rings. The second-order valence-corrected chi connectivity index (χ2v) is 2.46. The molecule has 0 fully saturated rings. The van der Waals surface area contributed by atoms with Crippen LogP contribution in [0.25, 0.3) is 0 Å². The second-order valence-electron chi connectivity index (χ2n) is 2.46. The number of rotatable bonds is 1. The zero-order valence-electron chi connectivity index (χ0n) is 6.51. The van der Waals surface area contributed by atoms with E-state index in [9.17, 15) is 9.70 Å². The molecule has 2 heterocycles. The molecular formula is C7H5N3O3. The van der Waals surface area contributed by atoms with Crippen LogP contribution in [0.2, 0.25) is 0 Å². The molecule has 6 nitrogen and oxygen atoms in total. The van der Waals surface area contributed by atoms with Crippen molar-refractivity contribution >= 4 is 11.7 Å². The number of esters is 1. The van der Waals surface area contributed by atoms with Crippen molar-refractivity contribution in [3.63, 3.8) is 0 Å². The fraction of sp³-hybridized carbons (Fsp3) is 0.143. The van der Waals surface area contributed by atoms with E-state index < -0.39 is 5.97 Å². The molecule has 0 aliphatic carbocycles. The summed E-state index contributed by atoms with van der Waals surface area (Å²) in [5.41, 5.74) is 0.414. The minimum atomic E-state index is -0.502. The molecule has 6 heteroatoms. The third-order valence-corrected chi connectivity index (χ3v) is 1.64. The number of carbonyl (C=O) groups is 1. The SMILES string of the molecule is O=NN1CC(=O)Oc2ccncc21. The molecule has 0 saturated heterocycles. The predicted octanol–water partition coefficient (Wildman–Crippen LogP) is 0.488. The molecule has 0 radical (unpaired) electrons. The van der Waals surface area contributed by atoms with E-state index in [2.05, 4.69) is 10.3 Å². The van der Waals surface area contributed by atoms with Crippen molar-refractivity contribution in [2.45, 2.75) is 0 Å². The summed E-state index contributed by atoms with van der Waals surface area (Å²) in [4.78, 5) is 25.0. The first kappa shape index (κ1) is 7.66. The van der Waals surface area contributed by atoms with Crippen LogP contribution in [-0.2, 0) is 4.79 Å². The van der Waals surface area contributed by atoms with Gasteiger partial charge < -0.3 is 4.74 Å². The van der Waals surface area contributed by atoms with E-state index in [0.29, 0.717) is 11.4 Å². The summed E-state index contributed by atoms with van der Waals surface area (Å²) >= 11 is 0. The molecule has 66 valence electrons. The average molecular weight is 179 g/mol. The summed E-state index contributed by atoms with van der Waals surface area (Å²) in [7, 11) is 0. The lowest BCUT2D eigenvalue weighted by Crippen LogP contribution is -2.32. The second kappa shape index (κ2) is 2.81. The van der Waals surface area contributed by atoms with Crippen molar-refractivity contribution in [3.05, 3.63) is 23.4 Å². The van der Waals surface area contributed by atoms with Gasteiger partial charge in [0.05, 0.1) is 11.5 Å². The monoisotopic (exact) mass is 179 g/mol. The first-order valence-corrected chi connectivity index (χ1v) is 3.57. The van der Waals surface area contributed by atoms with Crippen LogP contribution in [0.15, 0.2) is 23.7 Å². The van der Waals surface area contributed by atoms with Crippen molar-refractivity contribution in [2.75, 3.05) is 11.6 Å². The van der Waals surface area contributed by atoms with E-state index in [4.69, 9.17) is 4.74 Å². The Labute approximate surface area is 73.1 Å². The Morgan fingerprint density at radius 3 is 3.23 bits per heavy atom. The van der Waals surface area contributed by atoms with Crippen LogP contribution in [0.3, 0.4) is 0 Å². The Kier molecular flexibility index (Phi) is 1.66. The predicted molar refractivity (Wildman–Crippen MR) is 43.0 cm³/mol. The Morgan fingerprint density at radius 1 is 1.62 bits per heavy atom. The molecule has 2 rings (SSSR count). The Hall–Kier alpha value is -1.98. The number of hydrogen-bond donors (Lipinski definition) is 0. The maximum atomic E-state index is 10.9. The lowest BCUT2D eigenvalue weighted by molar-refractivity contribution is -0.133. The van der Waals surface area contributed by atoms with Crippen molar-refractivity contribution in [1.82, 2.24) is 4.98 Å². The molecule has 0 unspecified atom stereocenters. The highest BCUT2D eigenvalue weighted by Crippen LogP contribution is 2.30. The van der Waals surface area contributed by atoms with Gasteiger partial charge in [-0.1, -0.05) is 0 Å². The van der Waals surface area contributed by atoms with Crippen molar-refractivity contribution in [1.29, 1.82) is 0 Å². The number of nitrogens with zero attached hydrogens (tertiary/aromatic N) is 3. The van der Waals surface area contributed by atoms with Gasteiger partial charge in [0.25, 0.3) is 0 Å². The van der Waals surface area contributed by atoms with Crippen LogP contribution in [0.4, 0.5) is 5.69 Å². The van der Waals surface area contributed by atoms with E-state index in [0.717, 1.165) is 5.01 Å². The van der Waals surface area contributed by atoms with Gasteiger partial charge in [0, 0.05) is 12.3 Å². The van der Waals surface area contributed by atoms with E-state index in [1.54, 1.807) is 0 Å². The zero-order chi connectivity index (χ0) is 9.26. The van der Waals surface area contributed by atoms with Gasteiger partial charge in [-0.15, -0.1) is 4.91 Å². The highest BCUT2D eigenvalue weighted by molar-refractivity contribution is 5.83. The van der Waals surface area contributed by atoms with Crippen molar-refractivity contribution < 1.29 is 9.53 Å². The van der Waals surface area contributed by atoms with Crippen LogP contribution in [0.5, 0.6) is 5.75 Å². The molecule has 1 aliphatic rings. The van der Waals surface area contributed by atoms with Crippen molar-refractivity contribution in [2.24, 2.45) is 5.29 Å². The molecule has 1 aliphatic heterocycles. The number of pyridine rings is 1. The number of nitroso groups, excluding NO2 is 1. The molecule has 0 spiro atoms. The zero-order valence-corrected chi connectivity index (χ0v) is 6.51. The number of ether oxygens (including phenoxy) is 1. The first-order valence-electron chi connectivity index (χ1n) is 3.57. The van der Waals surface area contributed by atoms with E-state index in [1.807, 2.05) is 0 Å². The summed E-state index contributed by atoms with van der Waals surface area (Å²) < 4.78 is 4.84. The van der Waals surface area contributed by atoms with Gasteiger partial charge in [0.15, 0.2) is 5.75 Å². The summed E-state index contributed by atoms with van der Waals surface area (Å²) in [5, 5.41) is 3.69. The normalized spacial score (nSPS) is 14.8. The summed E-state index contributed by atoms with van der Waals surface area (Å²) in [5.74, 6) is -0.191. The fourth-order valence-electron chi connectivity index (χ4n) is 1.09. The molecule has 0 saturated carbocycles. The smallest absolute Gasteiger partial charge is 0.333 e. The van der Waals surface area contributed by atoms with Crippen LogP contribution < -0.4 is 9.75 Å². The van der Waals surface area contributed by atoms with Gasteiger partial charge in [-0.05, 0) is 0 Å². The summed E-state index contributed by atoms with van der Waals surface area (Å²) in [6.07, 6.45) is 2.89. The molecular weight excluding hydrogens is 174 g/mol. The molecule has 13 heavy (non-hydrogen) atoms. The van der Waals surface area contributed by atoms with E-state index in [1.165, 1.54) is 18.5 Å². The minimum Gasteiger partial charge on any atom is -0.423 e. The number of carbonyl (C=O) groups excluding carboxylic acids is 1. The lowest BCUT2D eigenvalue weighted by atomic mass is 10.3. The highest BCUT2D eigenvalue weighted by atomic mass is 16.5. The third kappa shape index (κ3) is 1.22. The van der Waals surface area contributed by atoms with E-state index >= 15 is 0 Å². The molecule has 0 atom stereocenters. The van der Waals surface area contributed by atoms with Crippen LogP contribution in [-0.4, -0.2) is 17.5 Å². The minimum absolute atomic E-state index is 0.164. The maximum absolute atomic E-state index is 10.9. The Bertz CT molecular complexity index is 366. The molecule has 0 aromatic carbocycles. The first-order chi connectivity index (χ1) is 6.31. The quantitative estimate of drug-likeness (QED) is 0.463. The van der Waals surface area contributed by atoms with Gasteiger partial charge in [-0.3, -0.25) is 4.98 Å². The summed E-state index contributed by atoms with van der Waals surface area (Å²) in [6, 6.07) is 1.50.